The van der Waals surface area contributed by atoms with E-state index in [1.807, 2.05) is 30.1 Å². The van der Waals surface area contributed by atoms with Gasteiger partial charge in [-0.15, -0.1) is 36.2 Å². The molecule has 1 aromatic heterocycles. The molecular weight excluding hydrogens is 365 g/mol. The lowest BCUT2D eigenvalue weighted by molar-refractivity contribution is -0.137. The Morgan fingerprint density at radius 3 is 2.75 bits per heavy atom. The molecule has 7 heteroatoms. The summed E-state index contributed by atoms with van der Waals surface area (Å²) >= 11 is 1.68. The Labute approximate surface area is 159 Å². The summed E-state index contributed by atoms with van der Waals surface area (Å²) in [5, 5.41) is 4.42. The van der Waals surface area contributed by atoms with E-state index in [0.717, 1.165) is 29.9 Å². The van der Waals surface area contributed by atoms with Crippen LogP contribution in [-0.2, 0) is 4.79 Å². The minimum Gasteiger partial charge on any atom is -0.336 e. The van der Waals surface area contributed by atoms with Crippen LogP contribution in [0.4, 0.5) is 0 Å². The van der Waals surface area contributed by atoms with Gasteiger partial charge in [-0.2, -0.15) is 0 Å². The van der Waals surface area contributed by atoms with E-state index in [9.17, 15) is 4.79 Å². The van der Waals surface area contributed by atoms with E-state index in [0.29, 0.717) is 6.04 Å². The quantitative estimate of drug-likeness (QED) is 0.860. The van der Waals surface area contributed by atoms with Crippen LogP contribution >= 0.6 is 36.2 Å². The van der Waals surface area contributed by atoms with Crippen LogP contribution in [0.25, 0.3) is 10.2 Å². The van der Waals surface area contributed by atoms with Crippen molar-refractivity contribution in [3.05, 3.63) is 29.3 Å². The molecule has 1 saturated heterocycles. The van der Waals surface area contributed by atoms with Crippen molar-refractivity contribution in [3.8, 4) is 0 Å². The van der Waals surface area contributed by atoms with Gasteiger partial charge in [0.05, 0.1) is 16.3 Å². The van der Waals surface area contributed by atoms with E-state index < -0.39 is 0 Å². The molecule has 1 aliphatic rings. The summed E-state index contributed by atoms with van der Waals surface area (Å²) in [6.07, 6.45) is 1.86. The van der Waals surface area contributed by atoms with Crippen molar-refractivity contribution < 1.29 is 4.79 Å². The number of hydrogen-bond donors (Lipinski definition) is 1. The van der Waals surface area contributed by atoms with Crippen LogP contribution in [0.5, 0.6) is 0 Å². The van der Waals surface area contributed by atoms with E-state index in [1.54, 1.807) is 11.3 Å². The number of thiazole rings is 1. The fourth-order valence-electron chi connectivity index (χ4n) is 3.07. The summed E-state index contributed by atoms with van der Waals surface area (Å²) in [4.78, 5) is 19.3. The number of amides is 1. The van der Waals surface area contributed by atoms with Gasteiger partial charge in [0.15, 0.2) is 0 Å². The van der Waals surface area contributed by atoms with Crippen LogP contribution in [0.2, 0.25) is 0 Å². The highest BCUT2D eigenvalue weighted by atomic mass is 35.5. The van der Waals surface area contributed by atoms with E-state index in [-0.39, 0.29) is 42.7 Å². The van der Waals surface area contributed by atoms with E-state index >= 15 is 0 Å². The van der Waals surface area contributed by atoms with Gasteiger partial charge in [-0.3, -0.25) is 4.79 Å². The molecule has 1 N–H and O–H groups in total. The van der Waals surface area contributed by atoms with Gasteiger partial charge < -0.3 is 10.2 Å². The lowest BCUT2D eigenvalue weighted by atomic mass is 9.92. The average molecular weight is 390 g/mol. The molecule has 1 unspecified atom stereocenters. The molecule has 0 aliphatic carbocycles. The summed E-state index contributed by atoms with van der Waals surface area (Å²) in [5.41, 5.74) is 1.02. The highest BCUT2D eigenvalue weighted by Gasteiger charge is 2.30. The van der Waals surface area contributed by atoms with Gasteiger partial charge in [-0.25, -0.2) is 4.98 Å². The van der Waals surface area contributed by atoms with Crippen LogP contribution in [0, 0.1) is 5.92 Å². The summed E-state index contributed by atoms with van der Waals surface area (Å²) < 4.78 is 1.18. The predicted octanol–water partition coefficient (Wildman–Crippen LogP) is 4.05. The first kappa shape index (κ1) is 21.2. The second-order valence-corrected chi connectivity index (χ2v) is 7.28. The minimum atomic E-state index is 0. The molecule has 0 spiro atoms. The number of para-hydroxylation sites is 1. The normalized spacial score (nSPS) is 21.5. The van der Waals surface area contributed by atoms with Crippen LogP contribution in [0.3, 0.4) is 0 Å². The van der Waals surface area contributed by atoms with Crippen molar-refractivity contribution in [3.63, 3.8) is 0 Å². The van der Waals surface area contributed by atoms with Gasteiger partial charge in [0, 0.05) is 19.0 Å². The van der Waals surface area contributed by atoms with Gasteiger partial charge in [0.2, 0.25) is 5.91 Å². The van der Waals surface area contributed by atoms with Crippen LogP contribution < -0.4 is 5.32 Å². The third kappa shape index (κ3) is 4.39. The zero-order valence-electron chi connectivity index (χ0n) is 14.2. The second kappa shape index (κ2) is 8.99. The maximum atomic E-state index is 12.7. The zero-order valence-corrected chi connectivity index (χ0v) is 16.6. The topological polar surface area (TPSA) is 45.2 Å². The average Bonchev–Trinajstić information content (AvgIpc) is 2.96. The molecule has 1 aromatic carbocycles. The third-order valence-electron chi connectivity index (χ3n) is 4.57. The Morgan fingerprint density at radius 2 is 2.08 bits per heavy atom. The standard InChI is InChI=1S/C17H23N3OS.2ClH/c1-11-10-13(8-9-18-11)17(21)20(3)12(2)16-19-14-6-4-5-7-15(14)22-16;;/h4-7,11-13,18H,8-10H2,1-3H3;2*1H/t11-,12?,13-;;/m0../s1. The molecule has 4 nitrogen and oxygen atoms in total. The SMILES string of the molecule is CC(c1nc2ccccc2s1)N(C)C(=O)[C@H]1CCN[C@@H](C)C1.Cl.Cl. The number of carbonyl (C=O) groups is 1. The van der Waals surface area contributed by atoms with Crippen molar-refractivity contribution in [2.24, 2.45) is 5.92 Å². The van der Waals surface area contributed by atoms with Crippen LogP contribution in [0.1, 0.15) is 37.7 Å². The summed E-state index contributed by atoms with van der Waals surface area (Å²) in [6.45, 7) is 5.15. The first-order valence-corrected chi connectivity index (χ1v) is 8.73. The fourth-order valence-corrected chi connectivity index (χ4v) is 4.13. The molecule has 1 fully saturated rings. The zero-order chi connectivity index (χ0) is 15.7. The molecule has 3 atom stereocenters. The monoisotopic (exact) mass is 389 g/mol. The fraction of sp³-hybridized carbons (Fsp3) is 0.529. The number of nitrogens with one attached hydrogen (secondary N) is 1. The van der Waals surface area contributed by atoms with Gasteiger partial charge >= 0.3 is 0 Å². The Hall–Kier alpha value is -0.880. The Bertz CT molecular complexity index is 646. The van der Waals surface area contributed by atoms with Crippen molar-refractivity contribution >= 4 is 52.3 Å². The number of piperidine rings is 1. The minimum absolute atomic E-state index is 0. The number of halogens is 2. The van der Waals surface area contributed by atoms with Crippen molar-refractivity contribution in [2.75, 3.05) is 13.6 Å². The molecule has 134 valence electrons. The molecule has 0 saturated carbocycles. The number of benzene rings is 1. The first-order valence-electron chi connectivity index (χ1n) is 7.91. The van der Waals surface area contributed by atoms with Gasteiger partial charge in [0.25, 0.3) is 0 Å². The Kier molecular flexibility index (Phi) is 7.93. The van der Waals surface area contributed by atoms with Gasteiger partial charge in [0.1, 0.15) is 5.01 Å². The first-order chi connectivity index (χ1) is 10.6. The highest BCUT2D eigenvalue weighted by Crippen LogP contribution is 2.30. The highest BCUT2D eigenvalue weighted by molar-refractivity contribution is 7.18. The lowest BCUT2D eigenvalue weighted by Crippen LogP contribution is -2.43. The molecule has 3 rings (SSSR count). The Balaban J connectivity index is 0.00000144. The molecule has 2 heterocycles. The number of fused-ring (bicyclic) bond motifs is 1. The van der Waals surface area contributed by atoms with Crippen LogP contribution in [-0.4, -0.2) is 35.4 Å². The van der Waals surface area contributed by atoms with Crippen molar-refractivity contribution in [1.29, 1.82) is 0 Å². The maximum absolute atomic E-state index is 12.7. The molecular formula is C17H25Cl2N3OS. The second-order valence-electron chi connectivity index (χ2n) is 6.22. The number of aromatic nitrogens is 1. The lowest BCUT2D eigenvalue weighted by Gasteiger charge is -2.32. The van der Waals surface area contributed by atoms with E-state index in [2.05, 4.69) is 30.2 Å². The number of carbonyl (C=O) groups excluding carboxylic acids is 1. The molecule has 0 radical (unpaired) electrons. The van der Waals surface area contributed by atoms with Crippen LogP contribution in [0.15, 0.2) is 24.3 Å². The van der Waals surface area contributed by atoms with Crippen molar-refractivity contribution in [2.45, 2.75) is 38.8 Å². The largest absolute Gasteiger partial charge is 0.336 e. The number of rotatable bonds is 3. The molecule has 1 aliphatic heterocycles. The maximum Gasteiger partial charge on any atom is 0.226 e. The molecule has 0 bridgehead atoms. The number of hydrogen-bond acceptors (Lipinski definition) is 4. The molecule has 24 heavy (non-hydrogen) atoms. The summed E-state index contributed by atoms with van der Waals surface area (Å²) in [6, 6.07) is 8.59. The smallest absolute Gasteiger partial charge is 0.226 e. The van der Waals surface area contributed by atoms with Crippen molar-refractivity contribution in [1.82, 2.24) is 15.2 Å². The van der Waals surface area contributed by atoms with E-state index in [1.165, 1.54) is 4.70 Å². The van der Waals surface area contributed by atoms with Gasteiger partial charge in [-0.05, 0) is 45.4 Å². The predicted molar refractivity (Wildman–Crippen MR) is 105 cm³/mol. The summed E-state index contributed by atoms with van der Waals surface area (Å²) in [7, 11) is 1.91. The molecule has 2 aromatic rings. The summed E-state index contributed by atoms with van der Waals surface area (Å²) in [5.74, 6) is 0.387. The molecule has 1 amide bonds. The Morgan fingerprint density at radius 1 is 1.38 bits per heavy atom. The third-order valence-corrected chi connectivity index (χ3v) is 5.78. The van der Waals surface area contributed by atoms with Gasteiger partial charge in [-0.1, -0.05) is 12.1 Å². The number of nitrogens with zero attached hydrogens (tertiary/aromatic N) is 2. The van der Waals surface area contributed by atoms with E-state index in [4.69, 9.17) is 0 Å².